The fraction of sp³-hybridized carbons (Fsp3) is 0.167. The van der Waals surface area contributed by atoms with Crippen LogP contribution >= 0.6 is 0 Å². The standard InChI is InChI=1S/C24H24N4O/c1-5-10-26-22-13-21(29-24-17(3)11-16(2)12-18(24)4)14-23(28-22)27-20-8-6-19(15-25)7-9-20/h5-9,11-14H,1,10H2,2-4H3,(H2,26,27,28). The smallest absolute Gasteiger partial charge is 0.136 e. The molecular formula is C24H24N4O. The molecule has 146 valence electrons. The number of rotatable bonds is 7. The first-order chi connectivity index (χ1) is 14.0. The Hall–Kier alpha value is -3.78. The summed E-state index contributed by atoms with van der Waals surface area (Å²) in [5.41, 5.74) is 4.83. The van der Waals surface area contributed by atoms with Gasteiger partial charge in [0.05, 0.1) is 11.6 Å². The quantitative estimate of drug-likeness (QED) is 0.488. The van der Waals surface area contributed by atoms with Crippen LogP contribution in [0.25, 0.3) is 0 Å². The maximum atomic E-state index is 8.96. The highest BCUT2D eigenvalue weighted by Crippen LogP contribution is 2.32. The van der Waals surface area contributed by atoms with E-state index in [2.05, 4.69) is 47.3 Å². The van der Waals surface area contributed by atoms with Crippen molar-refractivity contribution in [1.29, 1.82) is 5.26 Å². The summed E-state index contributed by atoms with van der Waals surface area (Å²) in [6, 6.07) is 17.3. The van der Waals surface area contributed by atoms with Gasteiger partial charge in [0.15, 0.2) is 0 Å². The van der Waals surface area contributed by atoms with Gasteiger partial charge in [0.1, 0.15) is 23.1 Å². The summed E-state index contributed by atoms with van der Waals surface area (Å²) in [6.45, 7) is 10.5. The van der Waals surface area contributed by atoms with Crippen molar-refractivity contribution in [3.63, 3.8) is 0 Å². The average molecular weight is 384 g/mol. The van der Waals surface area contributed by atoms with Crippen LogP contribution in [0.5, 0.6) is 11.5 Å². The van der Waals surface area contributed by atoms with Crippen molar-refractivity contribution in [2.24, 2.45) is 0 Å². The van der Waals surface area contributed by atoms with Crippen LogP contribution in [0.4, 0.5) is 17.3 Å². The van der Waals surface area contributed by atoms with Crippen LogP contribution in [0.1, 0.15) is 22.3 Å². The minimum atomic E-state index is 0.593. The third kappa shape index (κ3) is 5.14. The molecule has 1 aromatic heterocycles. The minimum absolute atomic E-state index is 0.593. The number of nitriles is 1. The molecule has 0 aliphatic rings. The molecule has 0 amide bonds. The van der Waals surface area contributed by atoms with Gasteiger partial charge in [-0.1, -0.05) is 23.8 Å². The molecular weight excluding hydrogens is 360 g/mol. The Morgan fingerprint density at radius 2 is 1.69 bits per heavy atom. The molecule has 2 N–H and O–H groups in total. The third-order valence-corrected chi connectivity index (χ3v) is 4.34. The summed E-state index contributed by atoms with van der Waals surface area (Å²) >= 11 is 0. The lowest BCUT2D eigenvalue weighted by Gasteiger charge is -2.15. The fourth-order valence-corrected chi connectivity index (χ4v) is 3.12. The summed E-state index contributed by atoms with van der Waals surface area (Å²) in [7, 11) is 0. The number of aromatic nitrogens is 1. The zero-order valence-electron chi connectivity index (χ0n) is 16.9. The Balaban J connectivity index is 1.92. The van der Waals surface area contributed by atoms with Crippen LogP contribution in [0, 0.1) is 32.1 Å². The van der Waals surface area contributed by atoms with Gasteiger partial charge in [-0.25, -0.2) is 4.98 Å². The number of nitrogens with one attached hydrogen (secondary N) is 2. The van der Waals surface area contributed by atoms with Crippen LogP contribution in [-0.2, 0) is 0 Å². The molecule has 1 heterocycles. The molecule has 3 rings (SSSR count). The highest BCUT2D eigenvalue weighted by atomic mass is 16.5. The predicted octanol–water partition coefficient (Wildman–Crippen LogP) is 6.01. The lowest BCUT2D eigenvalue weighted by molar-refractivity contribution is 0.475. The van der Waals surface area contributed by atoms with Gasteiger partial charge in [-0.2, -0.15) is 5.26 Å². The van der Waals surface area contributed by atoms with Gasteiger partial charge in [0, 0.05) is 24.4 Å². The average Bonchev–Trinajstić information content (AvgIpc) is 2.69. The van der Waals surface area contributed by atoms with E-state index in [1.54, 1.807) is 18.2 Å². The third-order valence-electron chi connectivity index (χ3n) is 4.34. The number of anilines is 3. The van der Waals surface area contributed by atoms with Gasteiger partial charge in [0.25, 0.3) is 0 Å². The number of hydrogen-bond acceptors (Lipinski definition) is 5. The molecule has 3 aromatic rings. The number of pyridine rings is 1. The maximum absolute atomic E-state index is 8.96. The second-order valence-electron chi connectivity index (χ2n) is 6.89. The normalized spacial score (nSPS) is 10.1. The molecule has 0 radical (unpaired) electrons. The summed E-state index contributed by atoms with van der Waals surface area (Å²) in [5.74, 6) is 2.85. The van der Waals surface area contributed by atoms with Crippen LogP contribution in [0.2, 0.25) is 0 Å². The van der Waals surface area contributed by atoms with E-state index in [0.29, 0.717) is 29.5 Å². The van der Waals surface area contributed by atoms with Crippen molar-refractivity contribution in [2.45, 2.75) is 20.8 Å². The van der Waals surface area contributed by atoms with E-state index >= 15 is 0 Å². The molecule has 0 saturated carbocycles. The molecule has 0 fully saturated rings. The van der Waals surface area contributed by atoms with Gasteiger partial charge in [-0.15, -0.1) is 6.58 Å². The van der Waals surface area contributed by atoms with Crippen molar-refractivity contribution in [1.82, 2.24) is 4.98 Å². The van der Waals surface area contributed by atoms with Crippen molar-refractivity contribution in [3.8, 4) is 17.6 Å². The van der Waals surface area contributed by atoms with Gasteiger partial charge < -0.3 is 15.4 Å². The molecule has 29 heavy (non-hydrogen) atoms. The Morgan fingerprint density at radius 3 is 2.31 bits per heavy atom. The lowest BCUT2D eigenvalue weighted by atomic mass is 10.1. The second-order valence-corrected chi connectivity index (χ2v) is 6.89. The van der Waals surface area contributed by atoms with E-state index in [4.69, 9.17) is 10.00 Å². The molecule has 5 nitrogen and oxygen atoms in total. The van der Waals surface area contributed by atoms with Crippen molar-refractivity contribution in [2.75, 3.05) is 17.2 Å². The minimum Gasteiger partial charge on any atom is -0.457 e. The number of hydrogen-bond donors (Lipinski definition) is 2. The highest BCUT2D eigenvalue weighted by Gasteiger charge is 2.10. The molecule has 0 aliphatic heterocycles. The Bertz CT molecular complexity index is 1040. The van der Waals surface area contributed by atoms with Gasteiger partial charge in [0.2, 0.25) is 0 Å². The summed E-state index contributed by atoms with van der Waals surface area (Å²) in [4.78, 5) is 4.59. The van der Waals surface area contributed by atoms with E-state index < -0.39 is 0 Å². The van der Waals surface area contributed by atoms with E-state index in [0.717, 1.165) is 22.6 Å². The van der Waals surface area contributed by atoms with E-state index in [1.807, 2.05) is 38.1 Å². The van der Waals surface area contributed by atoms with Gasteiger partial charge in [-0.05, 0) is 56.2 Å². The monoisotopic (exact) mass is 384 g/mol. The highest BCUT2D eigenvalue weighted by molar-refractivity contribution is 5.62. The fourth-order valence-electron chi connectivity index (χ4n) is 3.12. The number of nitrogens with zero attached hydrogens (tertiary/aromatic N) is 2. The molecule has 0 saturated heterocycles. The van der Waals surface area contributed by atoms with E-state index in [1.165, 1.54) is 5.56 Å². The van der Waals surface area contributed by atoms with Crippen molar-refractivity contribution in [3.05, 3.63) is 83.4 Å². The van der Waals surface area contributed by atoms with Gasteiger partial charge >= 0.3 is 0 Å². The molecule has 5 heteroatoms. The Kier molecular flexibility index (Phi) is 6.16. The maximum Gasteiger partial charge on any atom is 0.136 e. The SMILES string of the molecule is C=CCNc1cc(Oc2c(C)cc(C)cc2C)cc(Nc2ccc(C#N)cc2)n1. The van der Waals surface area contributed by atoms with Crippen LogP contribution in [0.15, 0.2) is 61.2 Å². The summed E-state index contributed by atoms with van der Waals surface area (Å²) < 4.78 is 6.24. The first-order valence-corrected chi connectivity index (χ1v) is 9.38. The topological polar surface area (TPSA) is 70.0 Å². The Morgan fingerprint density at radius 1 is 1.03 bits per heavy atom. The molecule has 0 bridgehead atoms. The summed E-state index contributed by atoms with van der Waals surface area (Å²) in [5, 5.41) is 15.4. The zero-order chi connectivity index (χ0) is 20.8. The summed E-state index contributed by atoms with van der Waals surface area (Å²) in [6.07, 6.45) is 1.77. The number of benzene rings is 2. The lowest BCUT2D eigenvalue weighted by Crippen LogP contribution is -2.03. The van der Waals surface area contributed by atoms with Crippen LogP contribution < -0.4 is 15.4 Å². The van der Waals surface area contributed by atoms with E-state index in [-0.39, 0.29) is 0 Å². The van der Waals surface area contributed by atoms with Crippen molar-refractivity contribution >= 4 is 17.3 Å². The van der Waals surface area contributed by atoms with Crippen molar-refractivity contribution < 1.29 is 4.74 Å². The first kappa shape index (κ1) is 20.0. The molecule has 0 spiro atoms. The molecule has 0 unspecified atom stereocenters. The van der Waals surface area contributed by atoms with E-state index in [9.17, 15) is 0 Å². The first-order valence-electron chi connectivity index (χ1n) is 9.38. The van der Waals surface area contributed by atoms with Crippen LogP contribution in [0.3, 0.4) is 0 Å². The zero-order valence-corrected chi connectivity index (χ0v) is 16.9. The second kappa shape index (κ2) is 8.94. The predicted molar refractivity (Wildman–Crippen MR) is 118 cm³/mol. The van der Waals surface area contributed by atoms with Gasteiger partial charge in [-0.3, -0.25) is 0 Å². The number of aryl methyl sites for hydroxylation is 3. The Labute approximate surface area is 171 Å². The largest absolute Gasteiger partial charge is 0.457 e. The molecule has 2 aromatic carbocycles. The number of ether oxygens (including phenoxy) is 1. The molecule has 0 atom stereocenters. The van der Waals surface area contributed by atoms with Crippen LogP contribution in [-0.4, -0.2) is 11.5 Å². The molecule has 0 aliphatic carbocycles.